The van der Waals surface area contributed by atoms with Crippen molar-refractivity contribution in [3.05, 3.63) is 16.0 Å². The Balaban J connectivity index is -0.0000000685. The van der Waals surface area contributed by atoms with E-state index < -0.39 is 149 Å². The first kappa shape index (κ1) is 115. The summed E-state index contributed by atoms with van der Waals surface area (Å²) in [5.41, 5.74) is 13.5. The molecule has 0 saturated carbocycles. The van der Waals surface area contributed by atoms with E-state index in [-0.39, 0.29) is 432 Å². The van der Waals surface area contributed by atoms with Crippen LogP contribution in [0.25, 0.3) is 16.0 Å². The molecule has 78 heavy (non-hydrogen) atoms. The van der Waals surface area contributed by atoms with Crippen molar-refractivity contribution < 1.29 is 502 Å². The Morgan fingerprint density at radius 3 is 0.769 bits per heavy atom. The van der Waals surface area contributed by atoms with Gasteiger partial charge in [-0.3, -0.25) is 24.1 Å². The second-order valence-corrected chi connectivity index (χ2v) is 15.3. The summed E-state index contributed by atoms with van der Waals surface area (Å²) in [6, 6.07) is -3.28. The summed E-state index contributed by atoms with van der Waals surface area (Å²) >= 11 is 4.82. The summed E-state index contributed by atoms with van der Waals surface area (Å²) < 4.78 is 19.4. The summed E-state index contributed by atoms with van der Waals surface area (Å²) in [7, 11) is 0. The third-order valence-corrected chi connectivity index (χ3v) is 10.4. The molecule has 0 aliphatic carbocycles. The summed E-state index contributed by atoms with van der Waals surface area (Å²) in [5, 5.41) is 156. The molecule has 0 aromatic heterocycles. The molecule has 30 nitrogen and oxygen atoms in total. The molecule has 40 heteroatoms. The summed E-state index contributed by atoms with van der Waals surface area (Å²) in [6.45, 7) is 6.14. The van der Waals surface area contributed by atoms with Crippen LogP contribution in [0.3, 0.4) is 0 Å². The molecular formula is C38H74Ac8ClN6NaO24. The van der Waals surface area contributed by atoms with Crippen LogP contribution in [0.5, 0.6) is 0 Å². The van der Waals surface area contributed by atoms with E-state index in [9.17, 15) is 75.3 Å². The Morgan fingerprint density at radius 1 is 0.423 bits per heavy atom. The van der Waals surface area contributed by atoms with Crippen LogP contribution in [0, 0.1) is 358 Å². The van der Waals surface area contributed by atoms with Crippen LogP contribution < -0.4 is 45.5 Å². The van der Waals surface area contributed by atoms with Crippen LogP contribution >= 0.6 is 11.6 Å². The van der Waals surface area contributed by atoms with Gasteiger partial charge in [0.05, 0.1) is 32.5 Å². The Hall–Kier alpha value is 9.41. The van der Waals surface area contributed by atoms with Crippen molar-refractivity contribution in [1.82, 2.24) is 16.0 Å². The average molecular weight is 2870 g/mol. The zero-order valence-electron chi connectivity index (χ0n) is 43.5. The van der Waals surface area contributed by atoms with Crippen LogP contribution in [0.15, 0.2) is 0 Å². The number of hydrogen-bond acceptors (Lipinski definition) is 24. The molecule has 3 amide bonds. The van der Waals surface area contributed by atoms with Crippen molar-refractivity contribution in [2.75, 3.05) is 26.4 Å². The first-order valence-corrected chi connectivity index (χ1v) is 21.4. The van der Waals surface area contributed by atoms with Gasteiger partial charge in [0.2, 0.25) is 23.0 Å². The third-order valence-electron chi connectivity index (χ3n) is 10.1. The van der Waals surface area contributed by atoms with Gasteiger partial charge < -0.3 is 128 Å². The number of carbonyl (C=O) groups excluding carboxylic acids is 4. The zero-order valence-corrected chi connectivity index (χ0v) is 84.2. The molecule has 4 fully saturated rings. The summed E-state index contributed by atoms with van der Waals surface area (Å²) in [5.74, 6) is -1.66. The number of aliphatic hydroxyl groups is 16. The molecule has 432 valence electrons. The van der Waals surface area contributed by atoms with E-state index in [1.165, 1.54) is 4.91 Å². The van der Waals surface area contributed by atoms with Gasteiger partial charge in [-0.15, -0.1) is 0 Å². The molecule has 20 atom stereocenters. The van der Waals surface area contributed by atoms with Gasteiger partial charge >= 0.3 is 29.6 Å². The minimum atomic E-state index is -1.45. The second-order valence-electron chi connectivity index (χ2n) is 14.9. The number of nitrogens with one attached hydrogen (secondary N) is 3. The smallest absolute Gasteiger partial charge is 0.394 e. The molecule has 4 aliphatic rings. The van der Waals surface area contributed by atoms with E-state index in [1.807, 2.05) is 0 Å². The van der Waals surface area contributed by atoms with Crippen LogP contribution in [0.2, 0.25) is 0 Å². The number of hydrogen-bond donors (Lipinski definition) is 19. The molecule has 16 unspecified atom stereocenters. The minimum absolute atomic E-state index is 0. The largest absolute Gasteiger partial charge is 1.00 e. The summed E-state index contributed by atoms with van der Waals surface area (Å²) in [6.07, 6.45) is -18.9. The standard InChI is InChI=1S/3C9H17NO6.C7H14O5.C3H5ClO.CH4.8Ac.N3.Na/c3*1-2-5(12)10-6-8(14)7(13)4(3-11)16-9(6)15;1-3-5(9)6(10)4(2-8)12-7(3)11;1-2-3(4)5;;;;;;;;;;1-3-2;/h3*4,6-9,11,13-15H,2-3H2,1H3,(H,10,12);3-11H,2H2,1H3;2H2,1H3;1H4;;;;;;;;;;/q;;;;;;;;;;;;;;-1;+1/t3*4?,6?,7-,8?,9?;3?,4?,5?,6-,7?;;;;;;;;;;;;/m1111............/s1. The molecule has 19 N–H and O–H groups in total. The monoisotopic (exact) mass is 2870 g/mol. The minimum Gasteiger partial charge on any atom is -0.394 e. The maximum atomic E-state index is 11.1. The van der Waals surface area contributed by atoms with E-state index in [2.05, 4.69) is 16.0 Å². The van der Waals surface area contributed by atoms with Gasteiger partial charge in [0, 0.05) is 384 Å². The van der Waals surface area contributed by atoms with Crippen molar-refractivity contribution in [3.63, 3.8) is 0 Å². The molecule has 4 heterocycles. The van der Waals surface area contributed by atoms with Crippen LogP contribution in [0.4, 0.5) is 0 Å². The van der Waals surface area contributed by atoms with Gasteiger partial charge in [-0.1, -0.05) is 42.0 Å². The van der Waals surface area contributed by atoms with Gasteiger partial charge in [-0.25, -0.2) is 0 Å². The molecule has 0 aromatic rings. The predicted octanol–water partition coefficient (Wildman–Crippen LogP) is -10.3. The Kier molecular flexibility index (Phi) is 97.8. The van der Waals surface area contributed by atoms with Gasteiger partial charge in [-0.2, -0.15) is 0 Å². The quantitative estimate of drug-likeness (QED) is 0.0300. The first-order chi connectivity index (χ1) is 31.8. The molecule has 4 aliphatic heterocycles. The van der Waals surface area contributed by atoms with E-state index in [0.717, 1.165) is 0 Å². The van der Waals surface area contributed by atoms with Crippen molar-refractivity contribution in [2.45, 2.75) is 184 Å². The molecule has 4 saturated heterocycles. The number of rotatable bonds is 11. The van der Waals surface area contributed by atoms with Crippen molar-refractivity contribution in [3.8, 4) is 0 Å². The Morgan fingerprint density at radius 2 is 0.603 bits per heavy atom. The zero-order chi connectivity index (χ0) is 53.2. The van der Waals surface area contributed by atoms with E-state index in [4.69, 9.17) is 67.1 Å². The molecular weight excluding hydrogens is 2800 g/mol. The normalized spacial score (nSPS) is 32.4. The Labute approximate surface area is 767 Å². The van der Waals surface area contributed by atoms with Crippen molar-refractivity contribution in [2.24, 2.45) is 5.92 Å². The summed E-state index contributed by atoms with van der Waals surface area (Å²) in [4.78, 5) is 44.4. The first-order valence-electron chi connectivity index (χ1n) is 21.1. The van der Waals surface area contributed by atoms with E-state index >= 15 is 0 Å². The fourth-order valence-electron chi connectivity index (χ4n) is 5.86. The molecule has 0 spiro atoms. The van der Waals surface area contributed by atoms with Gasteiger partial charge in [0.1, 0.15) is 85.3 Å². The molecule has 4 rings (SSSR count). The Bertz CT molecular complexity index is 1400. The fraction of sp³-hybridized carbons (Fsp3) is 0.895. The molecule has 0 bridgehead atoms. The van der Waals surface area contributed by atoms with Gasteiger partial charge in [-0.05, 0) is 11.6 Å². The van der Waals surface area contributed by atoms with Crippen molar-refractivity contribution >= 4 is 34.6 Å². The number of nitrogens with zero attached hydrogens (tertiary/aromatic N) is 3. The predicted molar refractivity (Wildman–Crippen MR) is 234 cm³/mol. The second kappa shape index (κ2) is 66.4. The molecule has 0 aromatic carbocycles. The van der Waals surface area contributed by atoms with E-state index in [0.29, 0.717) is 6.42 Å². The maximum Gasteiger partial charge on any atom is 1.00 e. The SMILES string of the molecule is C.CC1C(O)OC(CO)[C@@H](O)C1O.CCC(=O)Cl.CCC(=O)NC1C(O)OC(CO)[C@@H](O)C1O.CCC(=O)NC1C(O)OC(CO)[C@@H](O)C1O.CCC(=O)NC1C(O)OC(CO)[C@@H](O)C1O.[Ac].[Ac].[Ac].[Ac].[Ac].[Ac].[Ac].[Ac].[N-]=[N+]=[N-].[Na+]. The number of aliphatic hydroxyl groups excluding tert-OH is 16. The fourth-order valence-corrected chi connectivity index (χ4v) is 5.86. The number of amides is 3. The van der Waals surface area contributed by atoms with Gasteiger partial charge in [0.15, 0.2) is 25.2 Å². The van der Waals surface area contributed by atoms with Crippen LogP contribution in [0.1, 0.15) is 67.7 Å². The third kappa shape index (κ3) is 44.1. The van der Waals surface area contributed by atoms with Crippen molar-refractivity contribution in [1.29, 1.82) is 0 Å². The maximum absolute atomic E-state index is 11.1. The van der Waals surface area contributed by atoms with Crippen LogP contribution in [-0.2, 0) is 38.1 Å². The molecule has 8 radical (unpaired) electrons. The number of carbonyl (C=O) groups is 4. The average Bonchev–Trinajstić information content (AvgIpc) is 3.32. The number of halogens is 1. The number of ether oxygens (including phenoxy) is 4. The topological polar surface area (TPSA) is 524 Å². The van der Waals surface area contributed by atoms with Crippen LogP contribution in [-0.4, -0.2) is 248 Å². The van der Waals surface area contributed by atoms with Gasteiger partial charge in [0.25, 0.3) is 0 Å². The van der Waals surface area contributed by atoms with E-state index in [1.54, 1.807) is 34.6 Å².